The van der Waals surface area contributed by atoms with E-state index in [1.807, 2.05) is 78.9 Å². The molecule has 4 bridgehead atoms. The minimum absolute atomic E-state index is 0.319. The molecule has 0 aliphatic carbocycles. The molecular formula is C43H56O9P2. The molecule has 0 amide bonds. The van der Waals surface area contributed by atoms with Gasteiger partial charge in [-0.2, -0.15) is 4.31 Å². The molecular weight excluding hydrogens is 722 g/mol. The van der Waals surface area contributed by atoms with Crippen molar-refractivity contribution in [3.05, 3.63) is 119 Å². The lowest BCUT2D eigenvalue weighted by Gasteiger charge is -2.32. The standard InChI is InChI=1S/C43H56O9P2/c1-5-7-27-44-31-33-46-29-25-39-40(26-30-47-34-32-45-28-8-6-2)42-24-23-41(39)43(3,4)35-19-21-38(22-20-35)50-54(51-42)52-53(48-36-15-11-9-12-16-36)49-37-17-13-10-14-18-37/h9-24H,5-8,25-34H2,1-4H3. The Labute approximate surface area is 324 Å². The molecule has 0 spiro atoms. The van der Waals surface area contributed by atoms with Crippen molar-refractivity contribution in [3.63, 3.8) is 0 Å². The Morgan fingerprint density at radius 3 is 1.61 bits per heavy atom. The van der Waals surface area contributed by atoms with Crippen LogP contribution in [-0.2, 0) is 41.5 Å². The minimum atomic E-state index is -2.07. The fraction of sp³-hybridized carbons (Fsp3) is 0.442. The predicted molar refractivity (Wildman–Crippen MR) is 216 cm³/mol. The molecule has 1 atom stereocenters. The summed E-state index contributed by atoms with van der Waals surface area (Å²) in [6, 6.07) is 31.3. The van der Waals surface area contributed by atoms with Gasteiger partial charge in [0.25, 0.3) is 0 Å². The first-order chi connectivity index (χ1) is 26.5. The summed E-state index contributed by atoms with van der Waals surface area (Å²) >= 11 is 0. The summed E-state index contributed by atoms with van der Waals surface area (Å²) in [6.45, 7) is 13.6. The molecule has 1 unspecified atom stereocenters. The highest BCUT2D eigenvalue weighted by molar-refractivity contribution is 7.56. The van der Waals surface area contributed by atoms with Crippen LogP contribution >= 0.6 is 17.2 Å². The van der Waals surface area contributed by atoms with Gasteiger partial charge in [0.2, 0.25) is 0 Å². The van der Waals surface area contributed by atoms with Gasteiger partial charge in [-0.15, -0.1) is 0 Å². The smallest absolute Gasteiger partial charge is 0.417 e. The first-order valence-corrected chi connectivity index (χ1v) is 21.3. The highest BCUT2D eigenvalue weighted by atomic mass is 31.2. The third-order valence-corrected chi connectivity index (χ3v) is 11.5. The zero-order valence-corrected chi connectivity index (χ0v) is 34.0. The van der Waals surface area contributed by atoms with Crippen molar-refractivity contribution in [2.45, 2.75) is 71.6 Å². The van der Waals surface area contributed by atoms with Crippen molar-refractivity contribution < 1.29 is 41.4 Å². The minimum Gasteiger partial charge on any atom is -0.417 e. The Morgan fingerprint density at radius 2 is 1.07 bits per heavy atom. The average Bonchev–Trinajstić information content (AvgIpc) is 3.18. The first kappa shape index (κ1) is 41.9. The molecule has 0 radical (unpaired) electrons. The second-order valence-electron chi connectivity index (χ2n) is 13.4. The quantitative estimate of drug-likeness (QED) is 0.0510. The summed E-state index contributed by atoms with van der Waals surface area (Å²) in [5, 5.41) is 0. The van der Waals surface area contributed by atoms with Gasteiger partial charge in [0.15, 0.2) is 0 Å². The Hall–Kier alpha value is -3.26. The van der Waals surface area contributed by atoms with E-state index in [0.29, 0.717) is 75.5 Å². The molecule has 9 nitrogen and oxygen atoms in total. The number of rotatable bonds is 24. The highest BCUT2D eigenvalue weighted by Crippen LogP contribution is 2.56. The van der Waals surface area contributed by atoms with Crippen LogP contribution in [0.3, 0.4) is 0 Å². The van der Waals surface area contributed by atoms with Crippen LogP contribution < -0.4 is 18.1 Å². The fourth-order valence-electron chi connectivity index (χ4n) is 5.93. The van der Waals surface area contributed by atoms with Gasteiger partial charge in [0.05, 0.1) is 39.6 Å². The van der Waals surface area contributed by atoms with Gasteiger partial charge in [-0.25, -0.2) is 0 Å². The molecule has 0 saturated carbocycles. The van der Waals surface area contributed by atoms with Crippen LogP contribution in [-0.4, -0.2) is 52.9 Å². The number of ether oxygens (including phenoxy) is 4. The molecule has 4 aliphatic heterocycles. The lowest BCUT2D eigenvalue weighted by atomic mass is 9.74. The molecule has 4 aromatic rings. The van der Waals surface area contributed by atoms with Crippen LogP contribution in [0.25, 0.3) is 0 Å². The van der Waals surface area contributed by atoms with E-state index < -0.39 is 17.2 Å². The zero-order valence-electron chi connectivity index (χ0n) is 32.2. The topological polar surface area (TPSA) is 83.1 Å². The zero-order chi connectivity index (χ0) is 37.9. The lowest BCUT2D eigenvalue weighted by Crippen LogP contribution is -2.24. The van der Waals surface area contributed by atoms with E-state index in [1.54, 1.807) is 0 Å². The second kappa shape index (κ2) is 23.0. The van der Waals surface area contributed by atoms with Crippen LogP contribution in [0.2, 0.25) is 0 Å². The molecule has 54 heavy (non-hydrogen) atoms. The Bertz CT molecular complexity index is 1580. The Balaban J connectivity index is 1.45. The predicted octanol–water partition coefficient (Wildman–Crippen LogP) is 11.2. The van der Waals surface area contributed by atoms with Crippen molar-refractivity contribution >= 4 is 17.2 Å². The normalized spacial score (nSPS) is 14.6. The highest BCUT2D eigenvalue weighted by Gasteiger charge is 2.34. The van der Waals surface area contributed by atoms with E-state index in [2.05, 4.69) is 45.9 Å². The summed E-state index contributed by atoms with van der Waals surface area (Å²) in [6.07, 6.45) is 5.60. The molecule has 0 fully saturated rings. The van der Waals surface area contributed by atoms with E-state index in [1.165, 1.54) is 5.56 Å². The van der Waals surface area contributed by atoms with Crippen LogP contribution in [0.15, 0.2) is 97.1 Å². The van der Waals surface area contributed by atoms with Crippen LogP contribution in [0.1, 0.15) is 75.6 Å². The van der Waals surface area contributed by atoms with Crippen molar-refractivity contribution in [2.75, 3.05) is 52.9 Å². The van der Waals surface area contributed by atoms with E-state index >= 15 is 0 Å². The molecule has 8 rings (SSSR count). The summed E-state index contributed by atoms with van der Waals surface area (Å²) in [5.41, 5.74) is 4.24. The Kier molecular flexibility index (Phi) is 17.8. The molecule has 4 aromatic carbocycles. The molecule has 0 saturated heterocycles. The monoisotopic (exact) mass is 778 g/mol. The molecule has 4 heterocycles. The van der Waals surface area contributed by atoms with Gasteiger partial charge >= 0.3 is 17.2 Å². The van der Waals surface area contributed by atoms with Gasteiger partial charge in [0.1, 0.15) is 23.0 Å². The SMILES string of the molecule is CCCCOCCOCCc1c2ccc(c1CCOCCOCCCC)C(C)(C)c1ccc(cc1)OP(OP(Oc1ccccc1)Oc1ccccc1)O2. The maximum atomic E-state index is 6.78. The second-order valence-corrected chi connectivity index (χ2v) is 15.7. The summed E-state index contributed by atoms with van der Waals surface area (Å²) in [5.74, 6) is 2.49. The average molecular weight is 779 g/mol. The van der Waals surface area contributed by atoms with Crippen LogP contribution in [0.5, 0.6) is 23.0 Å². The van der Waals surface area contributed by atoms with Gasteiger partial charge in [-0.1, -0.05) is 95.1 Å². The van der Waals surface area contributed by atoms with Crippen molar-refractivity contribution in [1.82, 2.24) is 0 Å². The molecule has 0 aromatic heterocycles. The van der Waals surface area contributed by atoms with Gasteiger partial charge < -0.3 is 37.0 Å². The molecule has 0 N–H and O–H groups in total. The molecule has 4 aliphatic rings. The van der Waals surface area contributed by atoms with E-state index in [4.69, 9.17) is 41.4 Å². The number of benzene rings is 4. The summed E-state index contributed by atoms with van der Waals surface area (Å²) in [4.78, 5) is 0. The van der Waals surface area contributed by atoms with Crippen molar-refractivity contribution in [3.8, 4) is 23.0 Å². The maximum Gasteiger partial charge on any atom is 0.471 e. The Morgan fingerprint density at radius 1 is 0.556 bits per heavy atom. The maximum absolute atomic E-state index is 6.78. The van der Waals surface area contributed by atoms with Crippen molar-refractivity contribution in [2.24, 2.45) is 0 Å². The third-order valence-electron chi connectivity index (χ3n) is 8.99. The number of unbranched alkanes of at least 4 members (excludes halogenated alkanes) is 2. The van der Waals surface area contributed by atoms with Gasteiger partial charge in [-0.3, -0.25) is 0 Å². The number of hydrogen-bond acceptors (Lipinski definition) is 9. The summed E-state index contributed by atoms with van der Waals surface area (Å²) in [7, 11) is -4.08. The number of para-hydroxylation sites is 2. The lowest BCUT2D eigenvalue weighted by molar-refractivity contribution is 0.0465. The van der Waals surface area contributed by atoms with Crippen LogP contribution in [0.4, 0.5) is 0 Å². The van der Waals surface area contributed by atoms with E-state index in [0.717, 1.165) is 55.6 Å². The molecule has 11 heteroatoms. The first-order valence-electron chi connectivity index (χ1n) is 19.1. The summed E-state index contributed by atoms with van der Waals surface area (Å²) < 4.78 is 56.2. The molecule has 292 valence electrons. The number of hydrogen-bond donors (Lipinski definition) is 0. The van der Waals surface area contributed by atoms with Crippen molar-refractivity contribution in [1.29, 1.82) is 0 Å². The van der Waals surface area contributed by atoms with E-state index in [-0.39, 0.29) is 5.41 Å². The van der Waals surface area contributed by atoms with E-state index in [9.17, 15) is 0 Å². The van der Waals surface area contributed by atoms with Gasteiger partial charge in [0, 0.05) is 24.2 Å². The largest absolute Gasteiger partial charge is 0.471 e. The van der Waals surface area contributed by atoms with Gasteiger partial charge in [-0.05, 0) is 84.8 Å². The van der Waals surface area contributed by atoms with Crippen LogP contribution in [0, 0.1) is 0 Å². The fourth-order valence-corrected chi connectivity index (χ4v) is 8.19. The third kappa shape index (κ3) is 13.2.